The molecule has 3 fully saturated rings. The fraction of sp³-hybridized carbons (Fsp3) is 0.533. The molecule has 44 heavy (non-hydrogen) atoms. The Hall–Kier alpha value is -3.39. The minimum absolute atomic E-state index is 0.134. The van der Waals surface area contributed by atoms with Crippen molar-refractivity contribution in [3.05, 3.63) is 41.0 Å². The highest BCUT2D eigenvalue weighted by Crippen LogP contribution is 2.46. The van der Waals surface area contributed by atoms with E-state index < -0.39 is 44.8 Å². The third-order valence-electron chi connectivity index (χ3n) is 8.87. The predicted molar refractivity (Wildman–Crippen MR) is 166 cm³/mol. The largest absolute Gasteiger partial charge is 0.497 e. The minimum Gasteiger partial charge on any atom is -0.497 e. The van der Waals surface area contributed by atoms with Gasteiger partial charge in [0.2, 0.25) is 21.8 Å². The standard InChI is InChI=1S/C30H36BrN5O7S/c1-35-12-6-4-3-5-7-18-15-30(18,28(38)34-44(40,41)21-9-10-21)33-26(37)25-14-20(17-36(25)29(35)39)43-27-22-11-8-19(42-2)13-23(22)24(31)16-32-27/h5,7-8,11,13,16,18,20-21,25H,3-4,6,9-10,12,14-15,17H2,1-2H3,(H,33,37)(H,34,38)/t18-,20-,25+,30-/m1/s1. The highest BCUT2D eigenvalue weighted by molar-refractivity contribution is 9.10. The van der Waals surface area contributed by atoms with E-state index in [0.29, 0.717) is 31.0 Å². The molecule has 2 aromatic rings. The van der Waals surface area contributed by atoms with Gasteiger partial charge in [0.1, 0.15) is 23.4 Å². The van der Waals surface area contributed by atoms with E-state index in [1.54, 1.807) is 31.3 Å². The van der Waals surface area contributed by atoms with Crippen molar-refractivity contribution < 1.29 is 32.3 Å². The summed E-state index contributed by atoms with van der Waals surface area (Å²) in [5.41, 5.74) is -1.40. The van der Waals surface area contributed by atoms with Crippen molar-refractivity contribution in [3.63, 3.8) is 0 Å². The number of hydrogen-bond acceptors (Lipinski definition) is 8. The Balaban J connectivity index is 1.27. The van der Waals surface area contributed by atoms with E-state index in [9.17, 15) is 22.8 Å². The molecule has 1 aromatic heterocycles. The zero-order valence-electron chi connectivity index (χ0n) is 24.6. The van der Waals surface area contributed by atoms with Crippen LogP contribution in [-0.2, 0) is 19.6 Å². The molecule has 236 valence electrons. The molecule has 4 atom stereocenters. The van der Waals surface area contributed by atoms with Gasteiger partial charge >= 0.3 is 6.03 Å². The Bertz CT molecular complexity index is 1630. The van der Waals surface area contributed by atoms with Crippen LogP contribution in [0.15, 0.2) is 41.0 Å². The molecule has 0 radical (unpaired) electrons. The highest BCUT2D eigenvalue weighted by Gasteiger charge is 2.62. The molecule has 2 N–H and O–H groups in total. The number of pyridine rings is 1. The molecule has 0 spiro atoms. The average molecular weight is 691 g/mol. The summed E-state index contributed by atoms with van der Waals surface area (Å²) >= 11 is 3.53. The number of aromatic nitrogens is 1. The van der Waals surface area contributed by atoms with Gasteiger partial charge in [-0.2, -0.15) is 0 Å². The smallest absolute Gasteiger partial charge is 0.320 e. The van der Waals surface area contributed by atoms with Crippen molar-refractivity contribution in [3.8, 4) is 11.6 Å². The number of rotatable bonds is 6. The zero-order chi connectivity index (χ0) is 31.2. The molecule has 0 bridgehead atoms. The first-order valence-electron chi connectivity index (χ1n) is 14.9. The van der Waals surface area contributed by atoms with Crippen LogP contribution in [0.2, 0.25) is 0 Å². The van der Waals surface area contributed by atoms with Crippen LogP contribution in [0.1, 0.15) is 44.9 Å². The number of methoxy groups -OCH3 is 1. The fourth-order valence-corrected chi connectivity index (χ4v) is 7.83. The van der Waals surface area contributed by atoms with E-state index in [0.717, 1.165) is 34.5 Å². The molecule has 2 aliphatic carbocycles. The molecule has 12 nitrogen and oxygen atoms in total. The highest BCUT2D eigenvalue weighted by atomic mass is 79.9. The van der Waals surface area contributed by atoms with Crippen LogP contribution in [-0.4, -0.2) is 91.2 Å². The summed E-state index contributed by atoms with van der Waals surface area (Å²) in [6.07, 6.45) is 8.74. The summed E-state index contributed by atoms with van der Waals surface area (Å²) < 4.78 is 39.9. The number of allylic oxidation sites excluding steroid dienone is 1. The van der Waals surface area contributed by atoms with Crippen molar-refractivity contribution in [1.29, 1.82) is 0 Å². The maximum absolute atomic E-state index is 13.9. The second kappa shape index (κ2) is 11.8. The summed E-state index contributed by atoms with van der Waals surface area (Å²) in [5, 5.41) is 3.87. The number of fused-ring (bicyclic) bond motifs is 3. The molecule has 4 aliphatic rings. The summed E-state index contributed by atoms with van der Waals surface area (Å²) in [6, 6.07) is 4.27. The lowest BCUT2D eigenvalue weighted by molar-refractivity contribution is -0.131. The van der Waals surface area contributed by atoms with Crippen LogP contribution in [0.25, 0.3) is 10.8 Å². The van der Waals surface area contributed by atoms with E-state index in [4.69, 9.17) is 9.47 Å². The molecule has 14 heteroatoms. The Labute approximate surface area is 264 Å². The van der Waals surface area contributed by atoms with E-state index >= 15 is 0 Å². The zero-order valence-corrected chi connectivity index (χ0v) is 27.0. The number of sulfonamides is 1. The second-order valence-corrected chi connectivity index (χ2v) is 14.9. The SMILES string of the molecule is COc1ccc2c(O[C@@H]3C[C@H]4C(=O)N[C@]5(C(=O)NS(=O)(=O)C6CC6)C[C@H]5C=CCCCCN(C)C(=O)N4C3)ncc(Br)c2c1. The van der Waals surface area contributed by atoms with Crippen LogP contribution < -0.4 is 19.5 Å². The van der Waals surface area contributed by atoms with E-state index in [1.165, 1.54) is 4.90 Å². The van der Waals surface area contributed by atoms with E-state index in [-0.39, 0.29) is 31.3 Å². The number of carbonyl (C=O) groups is 3. The Morgan fingerprint density at radius 3 is 2.75 bits per heavy atom. The van der Waals surface area contributed by atoms with Gasteiger partial charge in [-0.1, -0.05) is 12.2 Å². The maximum Gasteiger partial charge on any atom is 0.320 e. The quantitative estimate of drug-likeness (QED) is 0.440. The van der Waals surface area contributed by atoms with Gasteiger partial charge in [-0.25, -0.2) is 18.2 Å². The molecule has 6 rings (SSSR count). The van der Waals surface area contributed by atoms with Gasteiger partial charge in [0.05, 0.1) is 18.9 Å². The van der Waals surface area contributed by atoms with Crippen LogP contribution >= 0.6 is 15.9 Å². The van der Waals surface area contributed by atoms with Crippen molar-refractivity contribution >= 4 is 54.6 Å². The van der Waals surface area contributed by atoms with Gasteiger partial charge in [0, 0.05) is 47.4 Å². The first kappa shape index (κ1) is 30.6. The molecule has 0 unspecified atom stereocenters. The first-order chi connectivity index (χ1) is 21.0. The summed E-state index contributed by atoms with van der Waals surface area (Å²) in [5.74, 6) is -0.575. The van der Waals surface area contributed by atoms with Crippen molar-refractivity contribution in [1.82, 2.24) is 24.8 Å². The number of nitrogens with zero attached hydrogens (tertiary/aromatic N) is 3. The Morgan fingerprint density at radius 2 is 2.00 bits per heavy atom. The Kier molecular flexibility index (Phi) is 8.24. The number of hydrogen-bond donors (Lipinski definition) is 2. The normalized spacial score (nSPS) is 27.7. The van der Waals surface area contributed by atoms with Crippen LogP contribution in [0, 0.1) is 5.92 Å². The van der Waals surface area contributed by atoms with Crippen molar-refractivity contribution in [2.24, 2.45) is 5.92 Å². The second-order valence-electron chi connectivity index (χ2n) is 12.0. The fourth-order valence-electron chi connectivity index (χ4n) is 6.04. The van der Waals surface area contributed by atoms with Crippen LogP contribution in [0.3, 0.4) is 0 Å². The number of halogens is 1. The molecule has 1 aromatic carbocycles. The van der Waals surface area contributed by atoms with Gasteiger partial charge in [-0.3, -0.25) is 14.3 Å². The van der Waals surface area contributed by atoms with Crippen molar-refractivity contribution in [2.45, 2.75) is 67.9 Å². The number of urea groups is 1. The predicted octanol–water partition coefficient (Wildman–Crippen LogP) is 3.10. The van der Waals surface area contributed by atoms with E-state index in [1.807, 2.05) is 24.3 Å². The molecular formula is C30H36BrN5O7S. The molecule has 3 heterocycles. The lowest BCUT2D eigenvalue weighted by atomic mass is 10.1. The number of carbonyl (C=O) groups excluding carboxylic acids is 3. The third-order valence-corrected chi connectivity index (χ3v) is 11.3. The summed E-state index contributed by atoms with van der Waals surface area (Å²) in [6.45, 7) is 0.661. The average Bonchev–Trinajstić information content (AvgIpc) is 3.92. The molecule has 2 aliphatic heterocycles. The third kappa shape index (κ3) is 5.97. The topological polar surface area (TPSA) is 147 Å². The number of benzene rings is 1. The lowest BCUT2D eigenvalue weighted by Gasteiger charge is -2.30. The first-order valence-corrected chi connectivity index (χ1v) is 17.2. The molecule has 1 saturated heterocycles. The number of nitrogens with one attached hydrogen (secondary N) is 2. The van der Waals surface area contributed by atoms with Gasteiger partial charge in [0.15, 0.2) is 0 Å². The van der Waals surface area contributed by atoms with Crippen molar-refractivity contribution in [2.75, 3.05) is 27.2 Å². The molecule has 2 saturated carbocycles. The molecular weight excluding hydrogens is 654 g/mol. The molecule has 4 amide bonds. The summed E-state index contributed by atoms with van der Waals surface area (Å²) in [7, 11) is -0.517. The van der Waals surface area contributed by atoms with Crippen LogP contribution in [0.4, 0.5) is 4.79 Å². The van der Waals surface area contributed by atoms with Gasteiger partial charge < -0.3 is 24.6 Å². The number of amides is 4. The van der Waals surface area contributed by atoms with Gasteiger partial charge in [-0.15, -0.1) is 0 Å². The number of ether oxygens (including phenoxy) is 2. The van der Waals surface area contributed by atoms with E-state index in [2.05, 4.69) is 31.0 Å². The summed E-state index contributed by atoms with van der Waals surface area (Å²) in [4.78, 5) is 48.6. The van der Waals surface area contributed by atoms with Crippen LogP contribution in [0.5, 0.6) is 11.6 Å². The monoisotopic (exact) mass is 689 g/mol. The maximum atomic E-state index is 13.9. The van der Waals surface area contributed by atoms with Gasteiger partial charge in [0.25, 0.3) is 5.91 Å². The lowest BCUT2D eigenvalue weighted by Crippen LogP contribution is -2.57. The van der Waals surface area contributed by atoms with Gasteiger partial charge in [-0.05, 0) is 72.7 Å². The minimum atomic E-state index is -3.81. The Morgan fingerprint density at radius 1 is 1.20 bits per heavy atom.